The third-order valence-electron chi connectivity index (χ3n) is 12.7. The zero-order chi connectivity index (χ0) is 50.0. The van der Waals surface area contributed by atoms with Crippen molar-refractivity contribution in [3.8, 4) is 0 Å². The largest absolute Gasteiger partial charge is 0.462 e. The molecule has 0 aromatic rings. The number of carbonyl (C=O) groups is 3. The maximum absolute atomic E-state index is 12.8. The van der Waals surface area contributed by atoms with Crippen molar-refractivity contribution >= 4 is 17.9 Å². The number of carbonyl (C=O) groups excluding carboxylic acids is 3. The first-order chi connectivity index (χ1) is 34.0. The first-order valence-corrected chi connectivity index (χ1v) is 29.4. The first-order valence-electron chi connectivity index (χ1n) is 29.4. The Morgan fingerprint density at radius 1 is 0.290 bits per heavy atom. The molecule has 0 spiro atoms. The van der Waals surface area contributed by atoms with E-state index in [0.717, 1.165) is 89.9 Å². The normalized spacial score (nSPS) is 12.6. The van der Waals surface area contributed by atoms with Crippen LogP contribution in [0.15, 0.2) is 72.9 Å². The van der Waals surface area contributed by atoms with Gasteiger partial charge in [0.15, 0.2) is 6.10 Å². The van der Waals surface area contributed by atoms with E-state index in [-0.39, 0.29) is 37.5 Å². The Labute approximate surface area is 427 Å². The van der Waals surface area contributed by atoms with Crippen LogP contribution in [0.25, 0.3) is 0 Å². The van der Waals surface area contributed by atoms with Gasteiger partial charge in [0.1, 0.15) is 13.2 Å². The van der Waals surface area contributed by atoms with E-state index in [0.29, 0.717) is 19.3 Å². The lowest BCUT2D eigenvalue weighted by atomic mass is 10.0. The molecule has 0 radical (unpaired) electrons. The van der Waals surface area contributed by atoms with Crippen molar-refractivity contribution in [1.82, 2.24) is 0 Å². The van der Waals surface area contributed by atoms with E-state index < -0.39 is 6.10 Å². The average molecular weight is 964 g/mol. The fourth-order valence-corrected chi connectivity index (χ4v) is 8.22. The predicted molar refractivity (Wildman–Crippen MR) is 298 cm³/mol. The summed E-state index contributed by atoms with van der Waals surface area (Å²) in [4.78, 5) is 38.2. The minimum Gasteiger partial charge on any atom is -0.462 e. The summed E-state index contributed by atoms with van der Waals surface area (Å²) < 4.78 is 16.8. The van der Waals surface area contributed by atoms with Crippen LogP contribution in [0.4, 0.5) is 0 Å². The summed E-state index contributed by atoms with van der Waals surface area (Å²) in [6.07, 6.45) is 73.2. The average Bonchev–Trinajstić information content (AvgIpc) is 3.35. The van der Waals surface area contributed by atoms with Crippen LogP contribution in [0.1, 0.15) is 290 Å². The molecular weight excluding hydrogens is 853 g/mol. The van der Waals surface area contributed by atoms with Gasteiger partial charge in [-0.1, -0.05) is 248 Å². The van der Waals surface area contributed by atoms with Crippen molar-refractivity contribution < 1.29 is 28.6 Å². The first kappa shape index (κ1) is 65.8. The van der Waals surface area contributed by atoms with Crippen molar-refractivity contribution in [1.29, 1.82) is 0 Å². The van der Waals surface area contributed by atoms with Gasteiger partial charge in [-0.3, -0.25) is 14.4 Å². The highest BCUT2D eigenvalue weighted by Crippen LogP contribution is 2.16. The molecule has 0 N–H and O–H groups in total. The van der Waals surface area contributed by atoms with Crippen LogP contribution in [-0.2, 0) is 28.6 Å². The van der Waals surface area contributed by atoms with Gasteiger partial charge >= 0.3 is 17.9 Å². The van der Waals surface area contributed by atoms with Gasteiger partial charge < -0.3 is 14.2 Å². The lowest BCUT2D eigenvalue weighted by molar-refractivity contribution is -0.167. The van der Waals surface area contributed by atoms with E-state index >= 15 is 0 Å². The highest BCUT2D eigenvalue weighted by molar-refractivity contribution is 5.71. The molecule has 0 aliphatic carbocycles. The molecule has 6 heteroatoms. The Morgan fingerprint density at radius 2 is 0.522 bits per heavy atom. The summed E-state index contributed by atoms with van der Waals surface area (Å²) in [6, 6.07) is 0. The van der Waals surface area contributed by atoms with Crippen LogP contribution >= 0.6 is 0 Å². The van der Waals surface area contributed by atoms with Crippen LogP contribution < -0.4 is 0 Å². The van der Waals surface area contributed by atoms with E-state index in [1.54, 1.807) is 0 Å². The Hall–Kier alpha value is -3.15. The molecule has 0 aromatic carbocycles. The molecule has 0 saturated carbocycles. The van der Waals surface area contributed by atoms with Gasteiger partial charge in [0.25, 0.3) is 0 Å². The molecule has 6 nitrogen and oxygen atoms in total. The molecule has 0 unspecified atom stereocenters. The van der Waals surface area contributed by atoms with Crippen LogP contribution in [0.5, 0.6) is 0 Å². The van der Waals surface area contributed by atoms with E-state index in [1.807, 2.05) is 0 Å². The Morgan fingerprint density at radius 3 is 0.870 bits per heavy atom. The van der Waals surface area contributed by atoms with Crippen LogP contribution in [0.3, 0.4) is 0 Å². The van der Waals surface area contributed by atoms with Crippen molar-refractivity contribution in [2.75, 3.05) is 13.2 Å². The number of rotatable bonds is 53. The molecule has 398 valence electrons. The topological polar surface area (TPSA) is 78.9 Å². The van der Waals surface area contributed by atoms with Crippen molar-refractivity contribution in [3.05, 3.63) is 72.9 Å². The fraction of sp³-hybridized carbons (Fsp3) is 0.762. The maximum atomic E-state index is 12.8. The smallest absolute Gasteiger partial charge is 0.306 e. The molecular formula is C63H110O6. The van der Waals surface area contributed by atoms with Gasteiger partial charge in [0.2, 0.25) is 0 Å². The number of ether oxygens (including phenoxy) is 3. The molecule has 0 rings (SSSR count). The van der Waals surface area contributed by atoms with E-state index in [1.165, 1.54) is 154 Å². The standard InChI is InChI=1S/C63H110O6/c1-4-7-10-13-16-19-22-25-28-30-31-33-36-38-41-44-47-50-53-56-62(65)68-59-60(69-63(66)57-54-51-48-45-42-39-34-27-24-21-18-15-12-9-6-3)58-67-61(64)55-52-49-46-43-40-37-35-32-29-26-23-20-17-14-11-8-5-2/h17-18,20-21,26-27,29,34-35,37,42,45,60H,4-16,19,22-25,28,30-33,36,38-41,43-44,46-59H2,1-3H3/b20-17-,21-18-,29-26-,34-27-,37-35-,45-42-/t60-/m1/s1. The molecule has 69 heavy (non-hydrogen) atoms. The number of unbranched alkanes of at least 4 members (excludes halogenated alkanes) is 30. The third-order valence-corrected chi connectivity index (χ3v) is 12.7. The van der Waals surface area contributed by atoms with Crippen LogP contribution in [-0.4, -0.2) is 37.2 Å². The second kappa shape index (κ2) is 57.4. The second-order valence-corrected chi connectivity index (χ2v) is 19.6. The van der Waals surface area contributed by atoms with E-state index in [4.69, 9.17) is 14.2 Å². The Bertz CT molecular complexity index is 1290. The van der Waals surface area contributed by atoms with Crippen LogP contribution in [0, 0.1) is 0 Å². The third kappa shape index (κ3) is 55.6. The van der Waals surface area contributed by atoms with Crippen molar-refractivity contribution in [2.24, 2.45) is 0 Å². The summed E-state index contributed by atoms with van der Waals surface area (Å²) in [7, 11) is 0. The van der Waals surface area contributed by atoms with Crippen molar-refractivity contribution in [3.63, 3.8) is 0 Å². The zero-order valence-electron chi connectivity index (χ0n) is 45.6. The lowest BCUT2D eigenvalue weighted by Gasteiger charge is -2.18. The predicted octanol–water partition coefficient (Wildman–Crippen LogP) is 19.8. The Kier molecular flexibility index (Phi) is 54.8. The fourth-order valence-electron chi connectivity index (χ4n) is 8.22. The zero-order valence-corrected chi connectivity index (χ0v) is 45.6. The highest BCUT2D eigenvalue weighted by atomic mass is 16.6. The molecule has 0 aromatic heterocycles. The number of allylic oxidation sites excluding steroid dienone is 12. The minimum absolute atomic E-state index is 0.0959. The van der Waals surface area contributed by atoms with E-state index in [9.17, 15) is 14.4 Å². The highest BCUT2D eigenvalue weighted by Gasteiger charge is 2.19. The summed E-state index contributed by atoms with van der Waals surface area (Å²) in [5, 5.41) is 0. The quantitative estimate of drug-likeness (QED) is 0.0262. The van der Waals surface area contributed by atoms with Gasteiger partial charge in [-0.05, 0) is 96.3 Å². The molecule has 0 aliphatic heterocycles. The van der Waals surface area contributed by atoms with Crippen molar-refractivity contribution in [2.45, 2.75) is 297 Å². The molecule has 0 amide bonds. The van der Waals surface area contributed by atoms with Crippen LogP contribution in [0.2, 0.25) is 0 Å². The molecule has 0 saturated heterocycles. The van der Waals surface area contributed by atoms with Gasteiger partial charge in [-0.25, -0.2) is 0 Å². The summed E-state index contributed by atoms with van der Waals surface area (Å²) in [6.45, 7) is 6.56. The van der Waals surface area contributed by atoms with Gasteiger partial charge in [0, 0.05) is 19.3 Å². The SMILES string of the molecule is CCCCC/C=C\C/C=C\C/C=C\CCCCCCC(=O)OC[C@H](COC(=O)CCCCCCCCCCCCCCCCCCCCC)OC(=O)CCCC/C=C\C/C=C\C/C=C\CCCCC. The molecule has 1 atom stereocenters. The number of hydrogen-bond acceptors (Lipinski definition) is 6. The maximum Gasteiger partial charge on any atom is 0.306 e. The number of esters is 3. The van der Waals surface area contributed by atoms with Gasteiger partial charge in [-0.2, -0.15) is 0 Å². The molecule has 0 fully saturated rings. The van der Waals surface area contributed by atoms with Gasteiger partial charge in [-0.15, -0.1) is 0 Å². The Balaban J connectivity index is 4.43. The monoisotopic (exact) mass is 963 g/mol. The summed E-state index contributed by atoms with van der Waals surface area (Å²) in [5.41, 5.74) is 0. The molecule has 0 heterocycles. The number of hydrogen-bond donors (Lipinski definition) is 0. The molecule has 0 aliphatic rings. The van der Waals surface area contributed by atoms with E-state index in [2.05, 4.69) is 93.7 Å². The lowest BCUT2D eigenvalue weighted by Crippen LogP contribution is -2.30. The summed E-state index contributed by atoms with van der Waals surface area (Å²) in [5.74, 6) is -0.947. The summed E-state index contributed by atoms with van der Waals surface area (Å²) >= 11 is 0. The molecule has 0 bridgehead atoms. The minimum atomic E-state index is -0.804. The van der Waals surface area contributed by atoms with Gasteiger partial charge in [0.05, 0.1) is 0 Å². The second-order valence-electron chi connectivity index (χ2n) is 19.6.